The summed E-state index contributed by atoms with van der Waals surface area (Å²) in [7, 11) is 0. The summed E-state index contributed by atoms with van der Waals surface area (Å²) < 4.78 is 6.12. The largest absolute Gasteiger partial charge is 0.470 e. The Morgan fingerprint density at radius 3 is 2.81 bits per heavy atom. The minimum atomic E-state index is -0.280. The number of Topliss-reactive ketones (excluding diaryl/α,β-unsaturated/α-hetero) is 1. The molecule has 2 aromatic heterocycles. The van der Waals surface area contributed by atoms with Gasteiger partial charge in [0.25, 0.3) is 5.91 Å². The van der Waals surface area contributed by atoms with Gasteiger partial charge < -0.3 is 19.9 Å². The van der Waals surface area contributed by atoms with Gasteiger partial charge in [0.05, 0.1) is 30.2 Å². The van der Waals surface area contributed by atoms with Crippen molar-refractivity contribution in [1.29, 1.82) is 0 Å². The van der Waals surface area contributed by atoms with E-state index < -0.39 is 0 Å². The summed E-state index contributed by atoms with van der Waals surface area (Å²) in [4.78, 5) is 38.1. The van der Waals surface area contributed by atoms with E-state index in [0.29, 0.717) is 24.8 Å². The third-order valence-electron chi connectivity index (χ3n) is 5.69. The lowest BCUT2D eigenvalue weighted by molar-refractivity contribution is -0.117. The Bertz CT molecular complexity index is 1150. The molecule has 2 aliphatic rings. The van der Waals surface area contributed by atoms with Gasteiger partial charge in [0, 0.05) is 18.3 Å². The number of fused-ring (bicyclic) bond motifs is 1. The van der Waals surface area contributed by atoms with E-state index in [1.54, 1.807) is 18.0 Å². The highest BCUT2D eigenvalue weighted by molar-refractivity contribution is 5.94. The average molecular weight is 417 g/mol. The number of hydrogen-bond acceptors (Lipinski definition) is 6. The van der Waals surface area contributed by atoms with Gasteiger partial charge in [0.2, 0.25) is 5.88 Å². The van der Waals surface area contributed by atoms with E-state index >= 15 is 0 Å². The third kappa shape index (κ3) is 3.82. The summed E-state index contributed by atoms with van der Waals surface area (Å²) in [5, 5.41) is 3.20. The Morgan fingerprint density at radius 2 is 2.00 bits per heavy atom. The van der Waals surface area contributed by atoms with Gasteiger partial charge in [-0.3, -0.25) is 9.59 Å². The van der Waals surface area contributed by atoms with Crippen LogP contribution in [0.5, 0.6) is 5.88 Å². The molecule has 1 aromatic carbocycles. The quantitative estimate of drug-likeness (QED) is 0.660. The number of nitrogens with one attached hydrogen (secondary N) is 2. The van der Waals surface area contributed by atoms with Crippen LogP contribution >= 0.6 is 0 Å². The highest BCUT2D eigenvalue weighted by Crippen LogP contribution is 2.30. The van der Waals surface area contributed by atoms with E-state index in [-0.39, 0.29) is 23.8 Å². The lowest BCUT2D eigenvalue weighted by atomic mass is 9.96. The van der Waals surface area contributed by atoms with Crippen LogP contribution in [0.4, 0.5) is 0 Å². The SMILES string of the molecule is CC(=O)C1C=C(c2cccnc2OC2CN(C(=O)c3nc4ccccc4[nH]3)C2)CCN1. The molecule has 158 valence electrons. The number of H-pyrrole nitrogens is 1. The summed E-state index contributed by atoms with van der Waals surface area (Å²) in [6.45, 7) is 3.26. The minimum Gasteiger partial charge on any atom is -0.470 e. The molecule has 1 fully saturated rings. The average Bonchev–Trinajstić information content (AvgIpc) is 3.20. The van der Waals surface area contributed by atoms with Gasteiger partial charge in [-0.2, -0.15) is 0 Å². The first-order chi connectivity index (χ1) is 15.1. The number of benzene rings is 1. The molecule has 3 aromatic rings. The summed E-state index contributed by atoms with van der Waals surface area (Å²) in [5.74, 6) is 0.831. The summed E-state index contributed by atoms with van der Waals surface area (Å²) in [6, 6.07) is 11.1. The molecule has 1 saturated heterocycles. The fraction of sp³-hybridized carbons (Fsp3) is 0.304. The first-order valence-electron chi connectivity index (χ1n) is 10.4. The van der Waals surface area contributed by atoms with E-state index in [9.17, 15) is 9.59 Å². The Labute approximate surface area is 179 Å². The number of imidazole rings is 1. The second-order valence-corrected chi connectivity index (χ2v) is 7.89. The Hall–Kier alpha value is -3.52. The maximum Gasteiger partial charge on any atom is 0.289 e. The topological polar surface area (TPSA) is 100 Å². The molecule has 0 saturated carbocycles. The molecule has 5 rings (SSSR count). The molecule has 8 nitrogen and oxygen atoms in total. The lowest BCUT2D eigenvalue weighted by Crippen LogP contribution is -2.56. The normalized spacial score (nSPS) is 19.1. The number of amides is 1. The van der Waals surface area contributed by atoms with Crippen LogP contribution in [0, 0.1) is 0 Å². The van der Waals surface area contributed by atoms with Crippen molar-refractivity contribution in [3.05, 3.63) is 60.1 Å². The predicted octanol–water partition coefficient (Wildman–Crippen LogP) is 2.20. The standard InChI is InChI=1S/C23H23N5O3/c1-14(29)20-11-15(8-10-24-20)17-5-4-9-25-22(17)31-16-12-28(13-16)23(30)21-26-18-6-2-3-7-19(18)27-21/h2-7,9,11,16,20,24H,8,10,12-13H2,1H3,(H,26,27). The molecule has 0 aliphatic carbocycles. The Kier molecular flexibility index (Phi) is 4.99. The predicted molar refractivity (Wildman–Crippen MR) is 116 cm³/mol. The summed E-state index contributed by atoms with van der Waals surface area (Å²) in [6.07, 6.45) is 4.31. The van der Waals surface area contributed by atoms with Crippen molar-refractivity contribution >= 4 is 28.3 Å². The van der Waals surface area contributed by atoms with Crippen LogP contribution in [0.25, 0.3) is 16.6 Å². The fourth-order valence-corrected chi connectivity index (χ4v) is 3.96. The van der Waals surface area contributed by atoms with Crippen molar-refractivity contribution < 1.29 is 14.3 Å². The molecular formula is C23H23N5O3. The van der Waals surface area contributed by atoms with Crippen molar-refractivity contribution in [3.63, 3.8) is 0 Å². The molecule has 0 bridgehead atoms. The number of ketones is 1. The molecule has 2 N–H and O–H groups in total. The molecule has 4 heterocycles. The minimum absolute atomic E-state index is 0.0855. The number of aromatic nitrogens is 3. The van der Waals surface area contributed by atoms with Crippen molar-refractivity contribution in [1.82, 2.24) is 25.2 Å². The van der Waals surface area contributed by atoms with E-state index in [1.165, 1.54) is 0 Å². The number of para-hydroxylation sites is 2. The number of hydrogen-bond donors (Lipinski definition) is 2. The summed E-state index contributed by atoms with van der Waals surface area (Å²) >= 11 is 0. The molecule has 1 unspecified atom stereocenters. The molecule has 2 aliphatic heterocycles. The van der Waals surface area contributed by atoms with Gasteiger partial charge >= 0.3 is 0 Å². The molecule has 0 radical (unpaired) electrons. The molecule has 1 atom stereocenters. The van der Waals surface area contributed by atoms with Crippen LogP contribution < -0.4 is 10.1 Å². The van der Waals surface area contributed by atoms with Crippen LogP contribution in [-0.2, 0) is 4.79 Å². The second-order valence-electron chi connectivity index (χ2n) is 7.89. The lowest BCUT2D eigenvalue weighted by Gasteiger charge is -2.38. The van der Waals surface area contributed by atoms with E-state index in [0.717, 1.165) is 35.1 Å². The zero-order valence-electron chi connectivity index (χ0n) is 17.2. The van der Waals surface area contributed by atoms with Gasteiger partial charge in [0.15, 0.2) is 11.6 Å². The van der Waals surface area contributed by atoms with Gasteiger partial charge in [-0.25, -0.2) is 9.97 Å². The number of carbonyl (C=O) groups is 2. The zero-order chi connectivity index (χ0) is 21.4. The van der Waals surface area contributed by atoms with Gasteiger partial charge in [-0.15, -0.1) is 0 Å². The number of carbonyl (C=O) groups excluding carboxylic acids is 2. The fourth-order valence-electron chi connectivity index (χ4n) is 3.96. The number of aromatic amines is 1. The van der Waals surface area contributed by atoms with Gasteiger partial charge in [-0.05, 0) is 43.2 Å². The maximum atomic E-state index is 12.7. The molecule has 8 heteroatoms. The highest BCUT2D eigenvalue weighted by atomic mass is 16.5. The second kappa shape index (κ2) is 7.96. The molecule has 31 heavy (non-hydrogen) atoms. The zero-order valence-corrected chi connectivity index (χ0v) is 17.2. The number of pyridine rings is 1. The van der Waals surface area contributed by atoms with E-state index in [1.807, 2.05) is 42.5 Å². The van der Waals surface area contributed by atoms with Crippen LogP contribution in [0.3, 0.4) is 0 Å². The van der Waals surface area contributed by atoms with Crippen molar-refractivity contribution in [3.8, 4) is 5.88 Å². The van der Waals surface area contributed by atoms with Crippen LogP contribution in [0.2, 0.25) is 0 Å². The first kappa shape index (κ1) is 19.4. The maximum absolute atomic E-state index is 12.7. The molecule has 0 spiro atoms. The first-order valence-corrected chi connectivity index (χ1v) is 10.4. The van der Waals surface area contributed by atoms with Crippen molar-refractivity contribution in [2.45, 2.75) is 25.5 Å². The van der Waals surface area contributed by atoms with Crippen LogP contribution in [0.1, 0.15) is 29.5 Å². The number of nitrogens with zero attached hydrogens (tertiary/aromatic N) is 3. The number of likely N-dealkylation sites (tertiary alicyclic amines) is 1. The van der Waals surface area contributed by atoms with E-state index in [2.05, 4.69) is 20.3 Å². The Morgan fingerprint density at radius 1 is 1.16 bits per heavy atom. The van der Waals surface area contributed by atoms with Crippen molar-refractivity contribution in [2.24, 2.45) is 0 Å². The number of ether oxygens (including phenoxy) is 1. The Balaban J connectivity index is 1.26. The van der Waals surface area contributed by atoms with Crippen molar-refractivity contribution in [2.75, 3.05) is 19.6 Å². The van der Waals surface area contributed by atoms with Gasteiger partial charge in [-0.1, -0.05) is 18.2 Å². The van der Waals surface area contributed by atoms with E-state index in [4.69, 9.17) is 4.74 Å². The highest BCUT2D eigenvalue weighted by Gasteiger charge is 2.35. The third-order valence-corrected chi connectivity index (χ3v) is 5.69. The molecule has 1 amide bonds. The number of rotatable bonds is 5. The summed E-state index contributed by atoms with van der Waals surface area (Å²) in [5.41, 5.74) is 3.57. The van der Waals surface area contributed by atoms with Crippen LogP contribution in [0.15, 0.2) is 48.7 Å². The molecular weight excluding hydrogens is 394 g/mol. The monoisotopic (exact) mass is 417 g/mol. The van der Waals surface area contributed by atoms with Gasteiger partial charge in [0.1, 0.15) is 6.10 Å². The smallest absolute Gasteiger partial charge is 0.289 e. The van der Waals surface area contributed by atoms with Crippen LogP contribution in [-0.4, -0.2) is 63.3 Å².